The molecule has 5 rings (SSSR count). The maximum Gasteiger partial charge on any atom is 0.420 e. The van der Waals surface area contributed by atoms with Gasteiger partial charge in [-0.1, -0.05) is 15.9 Å². The Labute approximate surface area is 218 Å². The molecule has 2 aromatic heterocycles. The van der Waals surface area contributed by atoms with E-state index in [9.17, 15) is 14.4 Å². The number of hydrogen-bond donors (Lipinski definition) is 2. The van der Waals surface area contributed by atoms with Crippen LogP contribution in [0.2, 0.25) is 0 Å². The van der Waals surface area contributed by atoms with Crippen LogP contribution in [0.25, 0.3) is 22.0 Å². The van der Waals surface area contributed by atoms with Crippen molar-refractivity contribution >= 4 is 67.1 Å². The number of ether oxygens (including phenoxy) is 2. The molecule has 0 unspecified atom stereocenters. The number of benzene rings is 2. The van der Waals surface area contributed by atoms with Crippen LogP contribution in [-0.2, 0) is 20.8 Å². The van der Waals surface area contributed by atoms with E-state index in [1.165, 1.54) is 10.9 Å². The van der Waals surface area contributed by atoms with Crippen molar-refractivity contribution in [2.24, 2.45) is 0 Å². The van der Waals surface area contributed by atoms with Gasteiger partial charge in [-0.15, -0.1) is 0 Å². The fraction of sp³-hybridized carbons (Fsp3) is 0.292. The quantitative estimate of drug-likeness (QED) is 0.253. The number of nitrogens with one attached hydrogen (secondary N) is 2. The Morgan fingerprint density at radius 2 is 1.84 bits per heavy atom. The minimum absolute atomic E-state index is 0.0296. The van der Waals surface area contributed by atoms with Crippen LogP contribution in [0.4, 0.5) is 22.0 Å². The molecular weight excluding hydrogens is 548 g/mol. The number of nitrogens with zero attached hydrogens (tertiary/aromatic N) is 4. The lowest BCUT2D eigenvalue weighted by Gasteiger charge is -2.26. The summed E-state index contributed by atoms with van der Waals surface area (Å²) in [6, 6.07) is 10.5. The van der Waals surface area contributed by atoms with Crippen molar-refractivity contribution in [1.29, 1.82) is 0 Å². The number of anilines is 3. The summed E-state index contributed by atoms with van der Waals surface area (Å²) in [4.78, 5) is 46.6. The molecule has 37 heavy (non-hydrogen) atoms. The number of hydrogen-bond acceptors (Lipinski definition) is 9. The third kappa shape index (κ3) is 5.57. The summed E-state index contributed by atoms with van der Waals surface area (Å²) in [5.41, 5.74) is 2.90. The Morgan fingerprint density at radius 1 is 1.08 bits per heavy atom. The van der Waals surface area contributed by atoms with Crippen molar-refractivity contribution in [3.63, 3.8) is 0 Å². The molecule has 13 heteroatoms. The van der Waals surface area contributed by atoms with Crippen LogP contribution in [0, 0.1) is 0 Å². The highest BCUT2D eigenvalue weighted by Gasteiger charge is 2.17. The maximum absolute atomic E-state index is 12.4. The van der Waals surface area contributed by atoms with E-state index in [2.05, 4.69) is 36.5 Å². The van der Waals surface area contributed by atoms with Gasteiger partial charge in [-0.05, 0) is 30.3 Å². The van der Waals surface area contributed by atoms with E-state index < -0.39 is 11.7 Å². The molecule has 4 aromatic rings. The van der Waals surface area contributed by atoms with Crippen LogP contribution in [0.1, 0.15) is 0 Å². The van der Waals surface area contributed by atoms with E-state index in [-0.39, 0.29) is 24.5 Å². The Kier molecular flexibility index (Phi) is 7.32. The minimum Gasteiger partial charge on any atom is -0.463 e. The molecule has 0 spiro atoms. The van der Waals surface area contributed by atoms with Gasteiger partial charge in [0.25, 0.3) is 0 Å². The molecule has 2 amide bonds. The lowest BCUT2D eigenvalue weighted by molar-refractivity contribution is -0.140. The van der Waals surface area contributed by atoms with Crippen LogP contribution in [0.5, 0.6) is 0 Å². The van der Waals surface area contributed by atoms with Crippen LogP contribution in [0.15, 0.2) is 51.9 Å². The number of carbonyl (C=O) groups is 2. The van der Waals surface area contributed by atoms with E-state index in [0.29, 0.717) is 59.8 Å². The molecule has 192 valence electrons. The van der Waals surface area contributed by atoms with Crippen LogP contribution in [-0.4, -0.2) is 69.7 Å². The Hall–Kier alpha value is -3.97. The van der Waals surface area contributed by atoms with E-state index in [4.69, 9.17) is 13.9 Å². The van der Waals surface area contributed by atoms with Crippen molar-refractivity contribution in [2.45, 2.75) is 6.54 Å². The number of rotatable bonds is 7. The van der Waals surface area contributed by atoms with Gasteiger partial charge < -0.3 is 29.4 Å². The summed E-state index contributed by atoms with van der Waals surface area (Å²) < 4.78 is 17.1. The Bertz CT molecular complexity index is 1500. The molecular formula is C24H23BrN6O6. The average Bonchev–Trinajstić information content (AvgIpc) is 3.22. The van der Waals surface area contributed by atoms with Gasteiger partial charge in [-0.3, -0.25) is 9.36 Å². The second-order valence-corrected chi connectivity index (χ2v) is 8.73. The van der Waals surface area contributed by atoms with Crippen LogP contribution in [0.3, 0.4) is 0 Å². The van der Waals surface area contributed by atoms with Crippen molar-refractivity contribution in [3.05, 3.63) is 53.3 Å². The number of oxazole rings is 1. The van der Waals surface area contributed by atoms with Gasteiger partial charge in [0, 0.05) is 35.9 Å². The largest absolute Gasteiger partial charge is 0.463 e. The standard InChI is InChI=1S/C24H23BrN6O6/c25-13-21(32)36-10-7-31-19-11-17-18(12-20(19)37-24(31)34)26-14-27-22(17)28-15-1-3-16(4-2-15)29-23(33)30-5-8-35-9-6-30/h1-4,11-12,14H,5-10,13H2,(H,29,33)(H,26,27,28). The van der Waals surface area contributed by atoms with Crippen LogP contribution >= 0.6 is 15.9 Å². The molecule has 2 aromatic carbocycles. The van der Waals surface area contributed by atoms with E-state index in [1.54, 1.807) is 29.2 Å². The van der Waals surface area contributed by atoms with Gasteiger partial charge in [0.2, 0.25) is 0 Å². The SMILES string of the molecule is O=C(CBr)OCCn1c(=O)oc2cc3ncnc(Nc4ccc(NC(=O)N5CCOCC5)cc4)c3cc21. The predicted octanol–water partition coefficient (Wildman–Crippen LogP) is 3.08. The molecule has 1 aliphatic rings. The number of urea groups is 1. The normalized spacial score (nSPS) is 13.6. The van der Waals surface area contributed by atoms with Crippen LogP contribution < -0.4 is 16.4 Å². The fourth-order valence-electron chi connectivity index (χ4n) is 3.96. The number of fused-ring (bicyclic) bond motifs is 2. The number of aromatic nitrogens is 3. The lowest BCUT2D eigenvalue weighted by atomic mass is 10.2. The molecule has 0 bridgehead atoms. The first kappa shape index (κ1) is 24.7. The van der Waals surface area contributed by atoms with Gasteiger partial charge >= 0.3 is 17.8 Å². The second-order valence-electron chi connectivity index (χ2n) is 8.16. The van der Waals surface area contributed by atoms with Crippen molar-refractivity contribution in [1.82, 2.24) is 19.4 Å². The third-order valence-corrected chi connectivity index (χ3v) is 6.27. The molecule has 0 atom stereocenters. The molecule has 1 aliphatic heterocycles. The molecule has 1 saturated heterocycles. The molecule has 3 heterocycles. The first-order valence-corrected chi connectivity index (χ1v) is 12.6. The molecule has 2 N–H and O–H groups in total. The minimum atomic E-state index is -0.558. The number of morpholine rings is 1. The predicted molar refractivity (Wildman–Crippen MR) is 139 cm³/mol. The summed E-state index contributed by atoms with van der Waals surface area (Å²) in [5.74, 6) is -0.446. The van der Waals surface area contributed by atoms with E-state index in [1.807, 2.05) is 12.1 Å². The topological polar surface area (TPSA) is 141 Å². The van der Waals surface area contributed by atoms with Crippen molar-refractivity contribution in [3.8, 4) is 0 Å². The number of halogens is 1. The monoisotopic (exact) mass is 570 g/mol. The van der Waals surface area contributed by atoms with E-state index >= 15 is 0 Å². The number of esters is 1. The second kappa shape index (κ2) is 11.0. The molecule has 0 aliphatic carbocycles. The summed E-state index contributed by atoms with van der Waals surface area (Å²) in [5, 5.41) is 6.90. The average molecular weight is 571 g/mol. The number of amides is 2. The fourth-order valence-corrected chi connectivity index (χ4v) is 4.12. The first-order chi connectivity index (χ1) is 18.0. The Balaban J connectivity index is 1.35. The molecule has 12 nitrogen and oxygen atoms in total. The van der Waals surface area contributed by atoms with Gasteiger partial charge in [0.15, 0.2) is 5.58 Å². The zero-order chi connectivity index (χ0) is 25.8. The highest BCUT2D eigenvalue weighted by Crippen LogP contribution is 2.28. The first-order valence-electron chi connectivity index (χ1n) is 11.5. The number of alkyl halides is 1. The maximum atomic E-state index is 12.4. The third-order valence-electron chi connectivity index (χ3n) is 5.81. The van der Waals surface area contributed by atoms with Crippen molar-refractivity contribution < 1.29 is 23.5 Å². The zero-order valence-corrected chi connectivity index (χ0v) is 21.2. The highest BCUT2D eigenvalue weighted by atomic mass is 79.9. The van der Waals surface area contributed by atoms with Gasteiger partial charge in [0.1, 0.15) is 24.1 Å². The Morgan fingerprint density at radius 3 is 2.59 bits per heavy atom. The molecule has 1 fully saturated rings. The lowest BCUT2D eigenvalue weighted by Crippen LogP contribution is -2.43. The number of carbonyl (C=O) groups excluding carboxylic acids is 2. The summed E-state index contributed by atoms with van der Waals surface area (Å²) >= 11 is 3.03. The van der Waals surface area contributed by atoms with Gasteiger partial charge in [-0.25, -0.2) is 19.6 Å². The zero-order valence-electron chi connectivity index (χ0n) is 19.6. The summed E-state index contributed by atoms with van der Waals surface area (Å²) in [6.07, 6.45) is 1.42. The summed E-state index contributed by atoms with van der Waals surface area (Å²) in [7, 11) is 0. The molecule has 0 saturated carbocycles. The van der Waals surface area contributed by atoms with Gasteiger partial charge in [0.05, 0.1) is 30.8 Å². The molecule has 0 radical (unpaired) electrons. The van der Waals surface area contributed by atoms with Gasteiger partial charge in [-0.2, -0.15) is 0 Å². The van der Waals surface area contributed by atoms with E-state index in [0.717, 1.165) is 5.69 Å². The summed E-state index contributed by atoms with van der Waals surface area (Å²) in [6.45, 7) is 2.37. The van der Waals surface area contributed by atoms with Crippen molar-refractivity contribution in [2.75, 3.05) is 48.9 Å². The smallest absolute Gasteiger partial charge is 0.420 e. The highest BCUT2D eigenvalue weighted by molar-refractivity contribution is 9.09.